The van der Waals surface area contributed by atoms with E-state index in [1.54, 1.807) is 9.80 Å². The Balaban J connectivity index is 1.60. The molecule has 2 heterocycles. The minimum absolute atomic E-state index is 0.0510. The van der Waals surface area contributed by atoms with E-state index >= 15 is 0 Å². The standard InChI is InChI=1S/C19H24N2O5/c1-25-18(23)16-9-10-17(22)21(16)15-8-5-11-20(12-15)19(24)26-13-14-6-3-2-4-7-14/h2-4,6-7,15-16H,5,8-13H2,1H3. The molecule has 0 N–H and O–H groups in total. The number of likely N-dealkylation sites (tertiary alicyclic amines) is 2. The first-order valence-corrected chi connectivity index (χ1v) is 8.94. The molecule has 7 heteroatoms. The van der Waals surface area contributed by atoms with Crippen LogP contribution >= 0.6 is 0 Å². The Morgan fingerprint density at radius 3 is 2.69 bits per heavy atom. The Morgan fingerprint density at radius 1 is 1.19 bits per heavy atom. The van der Waals surface area contributed by atoms with Gasteiger partial charge in [0.15, 0.2) is 0 Å². The van der Waals surface area contributed by atoms with E-state index in [1.165, 1.54) is 7.11 Å². The van der Waals surface area contributed by atoms with Crippen LogP contribution in [-0.4, -0.2) is 60.1 Å². The van der Waals surface area contributed by atoms with E-state index in [0.717, 1.165) is 18.4 Å². The van der Waals surface area contributed by atoms with E-state index in [9.17, 15) is 14.4 Å². The zero-order valence-corrected chi connectivity index (χ0v) is 14.9. The van der Waals surface area contributed by atoms with Crippen molar-refractivity contribution in [3.8, 4) is 0 Å². The highest BCUT2D eigenvalue weighted by Crippen LogP contribution is 2.27. The van der Waals surface area contributed by atoms with Crippen LogP contribution in [0.4, 0.5) is 4.79 Å². The average molecular weight is 360 g/mol. The minimum atomic E-state index is -0.544. The lowest BCUT2D eigenvalue weighted by atomic mass is 10.0. The SMILES string of the molecule is COC(=O)C1CCC(=O)N1C1CCCN(C(=O)OCc2ccccc2)C1. The van der Waals surface area contributed by atoms with Gasteiger partial charge in [0.1, 0.15) is 12.6 Å². The van der Waals surface area contributed by atoms with Gasteiger partial charge in [0.25, 0.3) is 0 Å². The lowest BCUT2D eigenvalue weighted by Crippen LogP contribution is -2.54. The number of benzene rings is 1. The van der Waals surface area contributed by atoms with Crippen LogP contribution in [0.15, 0.2) is 30.3 Å². The molecule has 2 amide bonds. The molecular formula is C19H24N2O5. The highest BCUT2D eigenvalue weighted by molar-refractivity contribution is 5.88. The predicted octanol–water partition coefficient (Wildman–Crippen LogP) is 1.95. The fourth-order valence-electron chi connectivity index (χ4n) is 3.69. The molecule has 0 aromatic heterocycles. The number of rotatable bonds is 4. The molecule has 0 spiro atoms. The van der Waals surface area contributed by atoms with Crippen LogP contribution in [0.1, 0.15) is 31.2 Å². The number of hydrogen-bond donors (Lipinski definition) is 0. The van der Waals surface area contributed by atoms with Crippen molar-refractivity contribution in [3.05, 3.63) is 35.9 Å². The summed E-state index contributed by atoms with van der Waals surface area (Å²) in [5.74, 6) is -0.440. The fraction of sp³-hybridized carbons (Fsp3) is 0.526. The Labute approximate surface area is 152 Å². The van der Waals surface area contributed by atoms with Gasteiger partial charge in [-0.15, -0.1) is 0 Å². The summed E-state index contributed by atoms with van der Waals surface area (Å²) in [6.07, 6.45) is 1.96. The zero-order chi connectivity index (χ0) is 18.5. The van der Waals surface area contributed by atoms with E-state index in [0.29, 0.717) is 25.9 Å². The molecule has 0 bridgehead atoms. The molecule has 1 aromatic rings. The largest absolute Gasteiger partial charge is 0.467 e. The van der Waals surface area contributed by atoms with Crippen molar-refractivity contribution >= 4 is 18.0 Å². The van der Waals surface area contributed by atoms with Crippen molar-refractivity contribution in [1.82, 2.24) is 9.80 Å². The molecule has 2 aliphatic rings. The Hall–Kier alpha value is -2.57. The Kier molecular flexibility index (Phi) is 5.75. The van der Waals surface area contributed by atoms with Gasteiger partial charge >= 0.3 is 12.1 Å². The van der Waals surface area contributed by atoms with E-state index < -0.39 is 6.04 Å². The second kappa shape index (κ2) is 8.21. The summed E-state index contributed by atoms with van der Waals surface area (Å²) in [6, 6.07) is 8.78. The number of esters is 1. The minimum Gasteiger partial charge on any atom is -0.467 e. The maximum atomic E-state index is 12.4. The van der Waals surface area contributed by atoms with Gasteiger partial charge in [-0.05, 0) is 24.8 Å². The molecule has 0 aliphatic carbocycles. The van der Waals surface area contributed by atoms with Crippen LogP contribution in [0.25, 0.3) is 0 Å². The summed E-state index contributed by atoms with van der Waals surface area (Å²) in [5.41, 5.74) is 0.926. The van der Waals surface area contributed by atoms with Crippen LogP contribution in [0.2, 0.25) is 0 Å². The highest BCUT2D eigenvalue weighted by Gasteiger charge is 2.42. The molecule has 2 unspecified atom stereocenters. The summed E-state index contributed by atoms with van der Waals surface area (Å²) in [7, 11) is 1.33. The normalized spacial score (nSPS) is 23.0. The van der Waals surface area contributed by atoms with Crippen molar-refractivity contribution < 1.29 is 23.9 Å². The molecule has 2 saturated heterocycles. The van der Waals surface area contributed by atoms with Crippen LogP contribution in [0, 0.1) is 0 Å². The van der Waals surface area contributed by atoms with Gasteiger partial charge in [-0.2, -0.15) is 0 Å². The average Bonchev–Trinajstić information content (AvgIpc) is 3.08. The van der Waals surface area contributed by atoms with Crippen LogP contribution in [-0.2, 0) is 25.7 Å². The van der Waals surface area contributed by atoms with Crippen LogP contribution < -0.4 is 0 Å². The lowest BCUT2D eigenvalue weighted by Gasteiger charge is -2.39. The molecule has 2 aliphatic heterocycles. The first-order valence-electron chi connectivity index (χ1n) is 8.94. The Bertz CT molecular complexity index is 663. The third kappa shape index (κ3) is 3.98. The molecule has 1 aromatic carbocycles. The van der Waals surface area contributed by atoms with Crippen LogP contribution in [0.5, 0.6) is 0 Å². The molecule has 7 nitrogen and oxygen atoms in total. The van der Waals surface area contributed by atoms with Gasteiger partial charge in [-0.1, -0.05) is 30.3 Å². The molecule has 0 radical (unpaired) electrons. The summed E-state index contributed by atoms with van der Waals surface area (Å²) >= 11 is 0. The quantitative estimate of drug-likeness (QED) is 0.767. The third-order valence-corrected chi connectivity index (χ3v) is 4.98. The maximum Gasteiger partial charge on any atom is 0.410 e. The van der Waals surface area contributed by atoms with Gasteiger partial charge < -0.3 is 19.3 Å². The highest BCUT2D eigenvalue weighted by atomic mass is 16.6. The van der Waals surface area contributed by atoms with Crippen LogP contribution in [0.3, 0.4) is 0 Å². The summed E-state index contributed by atoms with van der Waals surface area (Å²) in [4.78, 5) is 39.9. The maximum absolute atomic E-state index is 12.4. The van der Waals surface area contributed by atoms with Crippen molar-refractivity contribution in [1.29, 1.82) is 0 Å². The zero-order valence-electron chi connectivity index (χ0n) is 14.9. The van der Waals surface area contributed by atoms with Gasteiger partial charge in [-0.3, -0.25) is 4.79 Å². The van der Waals surface area contributed by atoms with Gasteiger partial charge in [0.05, 0.1) is 13.2 Å². The molecule has 26 heavy (non-hydrogen) atoms. The van der Waals surface area contributed by atoms with Gasteiger partial charge in [-0.25, -0.2) is 9.59 Å². The first-order chi connectivity index (χ1) is 12.6. The topological polar surface area (TPSA) is 76.2 Å². The van der Waals surface area contributed by atoms with E-state index in [1.807, 2.05) is 30.3 Å². The first kappa shape index (κ1) is 18.2. The number of methoxy groups -OCH3 is 1. The summed E-state index contributed by atoms with van der Waals surface area (Å²) in [5, 5.41) is 0. The van der Waals surface area contributed by atoms with Gasteiger partial charge in [0, 0.05) is 19.5 Å². The number of piperidine rings is 1. The fourth-order valence-corrected chi connectivity index (χ4v) is 3.69. The van der Waals surface area contributed by atoms with E-state index in [-0.39, 0.29) is 30.6 Å². The molecule has 2 atom stereocenters. The van der Waals surface area contributed by atoms with E-state index in [2.05, 4.69) is 0 Å². The van der Waals surface area contributed by atoms with Crippen molar-refractivity contribution in [2.75, 3.05) is 20.2 Å². The summed E-state index contributed by atoms with van der Waals surface area (Å²) < 4.78 is 10.2. The molecular weight excluding hydrogens is 336 g/mol. The number of ether oxygens (including phenoxy) is 2. The molecule has 0 saturated carbocycles. The van der Waals surface area contributed by atoms with Crippen molar-refractivity contribution in [2.24, 2.45) is 0 Å². The Morgan fingerprint density at radius 2 is 1.96 bits per heavy atom. The number of carbonyl (C=O) groups is 3. The second-order valence-corrected chi connectivity index (χ2v) is 6.66. The second-order valence-electron chi connectivity index (χ2n) is 6.66. The number of nitrogens with zero attached hydrogens (tertiary/aromatic N) is 2. The van der Waals surface area contributed by atoms with Crippen molar-refractivity contribution in [2.45, 2.75) is 44.4 Å². The van der Waals surface area contributed by atoms with Crippen molar-refractivity contribution in [3.63, 3.8) is 0 Å². The number of hydrogen-bond acceptors (Lipinski definition) is 5. The third-order valence-electron chi connectivity index (χ3n) is 4.98. The predicted molar refractivity (Wildman–Crippen MR) is 93.1 cm³/mol. The monoisotopic (exact) mass is 360 g/mol. The molecule has 2 fully saturated rings. The lowest BCUT2D eigenvalue weighted by molar-refractivity contribution is -0.151. The van der Waals surface area contributed by atoms with E-state index in [4.69, 9.17) is 9.47 Å². The smallest absolute Gasteiger partial charge is 0.410 e. The number of amides is 2. The molecule has 140 valence electrons. The number of carbonyl (C=O) groups excluding carboxylic acids is 3. The molecule has 3 rings (SSSR count). The summed E-state index contributed by atoms with van der Waals surface area (Å²) in [6.45, 7) is 1.19. The van der Waals surface area contributed by atoms with Gasteiger partial charge in [0.2, 0.25) is 5.91 Å².